The standard InChI is InChI=1S/C19H18N6O7S2/c26-11(27)6-24-19(21-22-23-24)34-8-10-7-33-17-12(16(30)25(17)13(10)18(31)32)20-15(29)14(28)9-4-2-1-3-5-9/h1-5,12,14,17,28H,6-8H2,(H,20,29)(H,26,27)(H,31,32)/t12?,14?,17-/m1/s1. The van der Waals surface area contributed by atoms with E-state index in [4.69, 9.17) is 5.11 Å². The maximum absolute atomic E-state index is 12.8. The number of β-lactam (4-membered cyclic amide) rings is 1. The molecule has 0 spiro atoms. The van der Waals surface area contributed by atoms with Gasteiger partial charge in [-0.1, -0.05) is 42.1 Å². The molecule has 1 aromatic heterocycles. The first-order valence-electron chi connectivity index (χ1n) is 9.82. The molecule has 2 aliphatic rings. The van der Waals surface area contributed by atoms with Gasteiger partial charge in [-0.2, -0.15) is 0 Å². The lowest BCUT2D eigenvalue weighted by atomic mass is 10.0. The molecule has 1 fully saturated rings. The van der Waals surface area contributed by atoms with Crippen LogP contribution in [0.4, 0.5) is 0 Å². The molecule has 0 saturated carbocycles. The van der Waals surface area contributed by atoms with Crippen LogP contribution in [0.2, 0.25) is 0 Å². The van der Waals surface area contributed by atoms with Gasteiger partial charge >= 0.3 is 11.9 Å². The Morgan fingerprint density at radius 3 is 2.65 bits per heavy atom. The van der Waals surface area contributed by atoms with Crippen LogP contribution in [0.3, 0.4) is 0 Å². The van der Waals surface area contributed by atoms with Gasteiger partial charge in [-0.25, -0.2) is 9.48 Å². The maximum Gasteiger partial charge on any atom is 0.352 e. The second kappa shape index (κ2) is 9.82. The number of carbonyl (C=O) groups excluding carboxylic acids is 2. The van der Waals surface area contributed by atoms with Gasteiger partial charge in [-0.15, -0.1) is 16.9 Å². The summed E-state index contributed by atoms with van der Waals surface area (Å²) in [6.07, 6.45) is -1.46. The fourth-order valence-corrected chi connectivity index (χ4v) is 5.85. The van der Waals surface area contributed by atoms with Gasteiger partial charge in [-0.05, 0) is 21.6 Å². The van der Waals surface area contributed by atoms with Crippen LogP contribution in [0.25, 0.3) is 0 Å². The highest BCUT2D eigenvalue weighted by Gasteiger charge is 2.54. The van der Waals surface area contributed by atoms with E-state index in [2.05, 4.69) is 20.8 Å². The lowest BCUT2D eigenvalue weighted by molar-refractivity contribution is -0.151. The van der Waals surface area contributed by atoms with E-state index in [1.165, 1.54) is 11.8 Å². The molecule has 15 heteroatoms. The number of carboxylic acids is 2. The van der Waals surface area contributed by atoms with Gasteiger partial charge in [0.05, 0.1) is 0 Å². The SMILES string of the molecule is O=C(O)Cn1nnnc1SCC1=C(C(=O)O)N2C(=O)C(NC(=O)C(O)c3ccccc3)[C@H]2SC1. The number of nitrogens with zero attached hydrogens (tertiary/aromatic N) is 5. The van der Waals surface area contributed by atoms with Gasteiger partial charge in [0.1, 0.15) is 23.7 Å². The molecule has 2 unspecified atom stereocenters. The van der Waals surface area contributed by atoms with Crippen molar-refractivity contribution in [3.63, 3.8) is 0 Å². The summed E-state index contributed by atoms with van der Waals surface area (Å²) in [5.41, 5.74) is 0.620. The molecule has 2 aliphatic heterocycles. The Morgan fingerprint density at radius 2 is 1.97 bits per heavy atom. The number of thioether (sulfide) groups is 2. The number of aliphatic hydroxyl groups is 1. The number of amides is 2. The second-order valence-electron chi connectivity index (χ2n) is 7.27. The van der Waals surface area contributed by atoms with Gasteiger partial charge in [0.25, 0.3) is 11.8 Å². The van der Waals surface area contributed by atoms with Crippen molar-refractivity contribution in [2.75, 3.05) is 11.5 Å². The molecule has 0 bridgehead atoms. The molecule has 0 radical (unpaired) electrons. The molecular formula is C19H18N6O7S2. The van der Waals surface area contributed by atoms with Crippen LogP contribution >= 0.6 is 23.5 Å². The van der Waals surface area contributed by atoms with Crippen LogP contribution in [0.1, 0.15) is 11.7 Å². The molecule has 1 aromatic carbocycles. The topological polar surface area (TPSA) is 188 Å². The minimum absolute atomic E-state index is 0.120. The molecule has 2 aromatic rings. The lowest BCUT2D eigenvalue weighted by Gasteiger charge is -2.49. The smallest absolute Gasteiger partial charge is 0.352 e. The minimum Gasteiger partial charge on any atom is -0.480 e. The highest BCUT2D eigenvalue weighted by atomic mass is 32.2. The van der Waals surface area contributed by atoms with E-state index in [9.17, 15) is 29.4 Å². The highest BCUT2D eigenvalue weighted by Crippen LogP contribution is 2.41. The van der Waals surface area contributed by atoms with Crippen LogP contribution in [0.5, 0.6) is 0 Å². The van der Waals surface area contributed by atoms with Crippen molar-refractivity contribution in [3.05, 3.63) is 47.2 Å². The summed E-state index contributed by atoms with van der Waals surface area (Å²) in [5, 5.41) is 41.8. The number of carboxylic acid groups (broad SMARTS) is 2. The third kappa shape index (κ3) is 4.62. The normalized spacial score (nSPS) is 20.4. The first-order chi connectivity index (χ1) is 16.3. The van der Waals surface area contributed by atoms with Crippen molar-refractivity contribution >= 4 is 47.3 Å². The zero-order valence-electron chi connectivity index (χ0n) is 17.3. The van der Waals surface area contributed by atoms with Crippen molar-refractivity contribution in [3.8, 4) is 0 Å². The summed E-state index contributed by atoms with van der Waals surface area (Å²) in [6, 6.07) is 7.27. The zero-order chi connectivity index (χ0) is 24.4. The number of aliphatic carboxylic acids is 2. The number of tetrazole rings is 1. The van der Waals surface area contributed by atoms with Gasteiger partial charge in [-0.3, -0.25) is 19.3 Å². The van der Waals surface area contributed by atoms with Crippen LogP contribution < -0.4 is 5.32 Å². The summed E-state index contributed by atoms with van der Waals surface area (Å²) >= 11 is 2.33. The zero-order valence-corrected chi connectivity index (χ0v) is 18.9. The van der Waals surface area contributed by atoms with Gasteiger partial charge in [0, 0.05) is 11.5 Å². The Morgan fingerprint density at radius 1 is 1.24 bits per heavy atom. The number of hydrogen-bond acceptors (Lipinski definition) is 10. The van der Waals surface area contributed by atoms with Crippen molar-refractivity contribution in [1.29, 1.82) is 0 Å². The van der Waals surface area contributed by atoms with Crippen LogP contribution in [-0.4, -0.2) is 87.1 Å². The van der Waals surface area contributed by atoms with Gasteiger partial charge in [0.15, 0.2) is 6.10 Å². The van der Waals surface area contributed by atoms with Gasteiger partial charge < -0.3 is 20.6 Å². The Balaban J connectivity index is 1.45. The summed E-state index contributed by atoms with van der Waals surface area (Å²) in [4.78, 5) is 49.2. The van der Waals surface area contributed by atoms with E-state index in [1.54, 1.807) is 30.3 Å². The van der Waals surface area contributed by atoms with E-state index in [1.807, 2.05) is 0 Å². The van der Waals surface area contributed by atoms with Crippen molar-refractivity contribution < 1.29 is 34.5 Å². The molecule has 0 aliphatic carbocycles. The van der Waals surface area contributed by atoms with E-state index in [0.717, 1.165) is 21.3 Å². The number of rotatable bonds is 9. The monoisotopic (exact) mass is 506 g/mol. The highest BCUT2D eigenvalue weighted by molar-refractivity contribution is 8.01. The second-order valence-corrected chi connectivity index (χ2v) is 9.32. The Labute approximate surface area is 200 Å². The number of aliphatic hydroxyl groups excluding tert-OH is 1. The summed E-state index contributed by atoms with van der Waals surface area (Å²) in [7, 11) is 0. The first-order valence-corrected chi connectivity index (χ1v) is 11.9. The Kier molecular flexibility index (Phi) is 6.85. The number of aromatic nitrogens is 4. The Bertz CT molecular complexity index is 1170. The quantitative estimate of drug-likeness (QED) is 0.248. The number of fused-ring (bicyclic) bond motifs is 1. The average Bonchev–Trinajstić information content (AvgIpc) is 3.26. The summed E-state index contributed by atoms with van der Waals surface area (Å²) < 4.78 is 1.07. The lowest BCUT2D eigenvalue weighted by Crippen LogP contribution is -2.70. The molecule has 2 amide bonds. The van der Waals surface area contributed by atoms with Crippen LogP contribution in [0, 0.1) is 0 Å². The molecule has 178 valence electrons. The van der Waals surface area contributed by atoms with Crippen LogP contribution in [0.15, 0.2) is 46.8 Å². The third-order valence-electron chi connectivity index (χ3n) is 5.07. The number of nitrogens with one attached hydrogen (secondary N) is 1. The number of carbonyl (C=O) groups is 4. The molecule has 1 saturated heterocycles. The van der Waals surface area contributed by atoms with Crippen molar-refractivity contribution in [2.24, 2.45) is 0 Å². The average molecular weight is 507 g/mol. The summed E-state index contributed by atoms with van der Waals surface area (Å²) in [6.45, 7) is -0.447. The van der Waals surface area contributed by atoms with Crippen molar-refractivity contribution in [2.45, 2.75) is 29.2 Å². The molecule has 4 N–H and O–H groups in total. The Hall–Kier alpha value is -3.43. The molecule has 13 nitrogen and oxygen atoms in total. The first kappa shape index (κ1) is 23.7. The predicted octanol–water partition coefficient (Wildman–Crippen LogP) is -0.678. The fourth-order valence-electron chi connectivity index (χ4n) is 3.49. The maximum atomic E-state index is 12.8. The predicted molar refractivity (Wildman–Crippen MR) is 117 cm³/mol. The fraction of sp³-hybridized carbons (Fsp3) is 0.316. The molecular weight excluding hydrogens is 488 g/mol. The van der Waals surface area contributed by atoms with E-state index >= 15 is 0 Å². The number of benzene rings is 1. The van der Waals surface area contributed by atoms with E-state index in [0.29, 0.717) is 11.1 Å². The molecule has 3 atom stereocenters. The van der Waals surface area contributed by atoms with Crippen molar-refractivity contribution in [1.82, 2.24) is 30.4 Å². The van der Waals surface area contributed by atoms with E-state index in [-0.39, 0.29) is 22.4 Å². The summed E-state index contributed by atoms with van der Waals surface area (Å²) in [5.74, 6) is -3.40. The molecule has 3 heterocycles. The molecule has 34 heavy (non-hydrogen) atoms. The third-order valence-corrected chi connectivity index (χ3v) is 7.45. The van der Waals surface area contributed by atoms with E-state index < -0.39 is 47.8 Å². The van der Waals surface area contributed by atoms with Crippen LogP contribution in [-0.2, 0) is 25.7 Å². The minimum atomic E-state index is -1.46. The number of hydrogen-bond donors (Lipinski definition) is 4. The molecule has 4 rings (SSSR count). The largest absolute Gasteiger partial charge is 0.480 e. The van der Waals surface area contributed by atoms with Gasteiger partial charge in [0.2, 0.25) is 5.16 Å².